The molecule has 0 saturated heterocycles. The van der Waals surface area contributed by atoms with E-state index in [4.69, 9.17) is 23.2 Å². The van der Waals surface area contributed by atoms with Crippen LogP contribution < -0.4 is 0 Å². The molecule has 0 aliphatic heterocycles. The molecule has 20 heavy (non-hydrogen) atoms. The summed E-state index contributed by atoms with van der Waals surface area (Å²) >= 11 is 12.0. The van der Waals surface area contributed by atoms with Crippen molar-refractivity contribution in [1.29, 1.82) is 0 Å². The zero-order valence-corrected chi connectivity index (χ0v) is 12.7. The maximum Gasteiger partial charge on any atom is 0.159 e. The number of nitrogens with zero attached hydrogens (tertiary/aromatic N) is 3. The summed E-state index contributed by atoms with van der Waals surface area (Å²) < 4.78 is 1.59. The van der Waals surface area contributed by atoms with Crippen LogP contribution in [0.1, 0.15) is 25.3 Å². The molecular weight excluding hydrogens is 293 g/mol. The predicted molar refractivity (Wildman–Crippen MR) is 82.5 cm³/mol. The van der Waals surface area contributed by atoms with Crippen molar-refractivity contribution < 1.29 is 0 Å². The summed E-state index contributed by atoms with van der Waals surface area (Å²) in [6, 6.07) is 11.8. The van der Waals surface area contributed by atoms with Crippen LogP contribution >= 0.6 is 23.2 Å². The van der Waals surface area contributed by atoms with E-state index in [0.717, 1.165) is 11.3 Å². The average molecular weight is 306 g/mol. The quantitative estimate of drug-likeness (QED) is 0.635. The molecule has 0 bridgehead atoms. The fourth-order valence-corrected chi connectivity index (χ4v) is 2.58. The fraction of sp³-hybridized carbons (Fsp3) is 0.200. The first-order valence-corrected chi connectivity index (χ1v) is 7.12. The van der Waals surface area contributed by atoms with Crippen molar-refractivity contribution in [2.24, 2.45) is 0 Å². The maximum atomic E-state index is 6.12. The molecule has 1 aromatic carbocycles. The van der Waals surface area contributed by atoms with Crippen LogP contribution in [-0.2, 0) is 0 Å². The minimum absolute atomic E-state index is 0.366. The third kappa shape index (κ3) is 2.39. The molecule has 2 aromatic heterocycles. The lowest BCUT2D eigenvalue weighted by Crippen LogP contribution is -1.92. The second-order valence-electron chi connectivity index (χ2n) is 4.98. The lowest BCUT2D eigenvalue weighted by atomic mass is 10.00. The summed E-state index contributed by atoms with van der Waals surface area (Å²) in [5, 5.41) is 5.30. The van der Waals surface area contributed by atoms with Gasteiger partial charge >= 0.3 is 0 Å². The number of benzene rings is 1. The van der Waals surface area contributed by atoms with Crippen LogP contribution in [0.15, 0.2) is 36.4 Å². The summed E-state index contributed by atoms with van der Waals surface area (Å²) in [4.78, 5) is 4.22. The zero-order valence-electron chi connectivity index (χ0n) is 11.1. The number of hydrogen-bond donors (Lipinski definition) is 0. The molecule has 0 atom stereocenters. The summed E-state index contributed by atoms with van der Waals surface area (Å²) in [6.45, 7) is 4.34. The molecule has 0 spiro atoms. The van der Waals surface area contributed by atoms with E-state index in [1.807, 2.05) is 18.2 Å². The topological polar surface area (TPSA) is 30.2 Å². The van der Waals surface area contributed by atoms with Crippen LogP contribution in [0.25, 0.3) is 16.9 Å². The monoisotopic (exact) mass is 305 g/mol. The highest BCUT2D eigenvalue weighted by Gasteiger charge is 2.10. The number of fused-ring (bicyclic) bond motifs is 1. The smallest absolute Gasteiger partial charge is 0.159 e. The Balaban J connectivity index is 2.15. The normalized spacial score (nSPS) is 11.4. The molecule has 0 radical (unpaired) electrons. The van der Waals surface area contributed by atoms with E-state index in [-0.39, 0.29) is 0 Å². The van der Waals surface area contributed by atoms with E-state index in [9.17, 15) is 0 Å². The second kappa shape index (κ2) is 5.08. The molecular formula is C15H13Cl2N3. The minimum atomic E-state index is 0.366. The van der Waals surface area contributed by atoms with Gasteiger partial charge in [0.1, 0.15) is 10.3 Å². The molecule has 0 saturated carbocycles. The summed E-state index contributed by atoms with van der Waals surface area (Å²) in [5.41, 5.74) is 3.81. The van der Waals surface area contributed by atoms with Gasteiger partial charge in [-0.25, -0.2) is 9.50 Å². The van der Waals surface area contributed by atoms with Gasteiger partial charge in [0.25, 0.3) is 0 Å². The van der Waals surface area contributed by atoms with Crippen molar-refractivity contribution in [3.8, 4) is 11.3 Å². The van der Waals surface area contributed by atoms with Crippen molar-refractivity contribution in [2.75, 3.05) is 0 Å². The van der Waals surface area contributed by atoms with E-state index in [2.05, 4.69) is 36.1 Å². The molecule has 0 N–H and O–H groups in total. The number of aromatic nitrogens is 3. The van der Waals surface area contributed by atoms with Gasteiger partial charge in [-0.15, -0.1) is 0 Å². The Morgan fingerprint density at radius 3 is 2.65 bits per heavy atom. The van der Waals surface area contributed by atoms with Gasteiger partial charge in [-0.3, -0.25) is 0 Å². The Hall–Kier alpha value is -1.58. The molecule has 0 fully saturated rings. The Kier molecular flexibility index (Phi) is 3.40. The van der Waals surface area contributed by atoms with E-state index in [1.165, 1.54) is 5.56 Å². The van der Waals surface area contributed by atoms with E-state index < -0.39 is 0 Å². The van der Waals surface area contributed by atoms with Gasteiger partial charge in [0.05, 0.1) is 5.69 Å². The van der Waals surface area contributed by atoms with E-state index in [1.54, 1.807) is 10.6 Å². The molecule has 102 valence electrons. The molecule has 2 heterocycles. The predicted octanol–water partition coefficient (Wildman–Crippen LogP) is 4.83. The second-order valence-corrected chi connectivity index (χ2v) is 5.76. The van der Waals surface area contributed by atoms with Crippen LogP contribution in [-0.4, -0.2) is 14.6 Å². The Morgan fingerprint density at radius 1 is 1.10 bits per heavy atom. The van der Waals surface area contributed by atoms with Crippen molar-refractivity contribution in [1.82, 2.24) is 14.6 Å². The molecule has 3 rings (SSSR count). The van der Waals surface area contributed by atoms with Gasteiger partial charge in [0.15, 0.2) is 5.65 Å². The highest BCUT2D eigenvalue weighted by molar-refractivity contribution is 6.33. The average Bonchev–Trinajstić information content (AvgIpc) is 2.83. The Labute approximate surface area is 127 Å². The van der Waals surface area contributed by atoms with Gasteiger partial charge in [0, 0.05) is 17.7 Å². The first kappa shape index (κ1) is 13.4. The third-order valence-electron chi connectivity index (χ3n) is 3.20. The highest BCUT2D eigenvalue weighted by Crippen LogP contribution is 2.25. The highest BCUT2D eigenvalue weighted by atomic mass is 35.5. The third-order valence-corrected chi connectivity index (χ3v) is 3.66. The first-order chi connectivity index (χ1) is 9.54. The van der Waals surface area contributed by atoms with Crippen molar-refractivity contribution in [3.05, 3.63) is 52.3 Å². The molecule has 3 nitrogen and oxygen atoms in total. The Bertz CT molecular complexity index is 778. The molecule has 0 aliphatic carbocycles. The zero-order chi connectivity index (χ0) is 14.3. The van der Waals surface area contributed by atoms with Crippen molar-refractivity contribution in [3.63, 3.8) is 0 Å². The van der Waals surface area contributed by atoms with Crippen molar-refractivity contribution in [2.45, 2.75) is 19.8 Å². The van der Waals surface area contributed by atoms with Gasteiger partial charge < -0.3 is 0 Å². The van der Waals surface area contributed by atoms with Crippen LogP contribution in [0, 0.1) is 0 Å². The fourth-order valence-electron chi connectivity index (χ4n) is 2.11. The molecule has 0 unspecified atom stereocenters. The molecule has 3 aromatic rings. The molecule has 0 aliphatic rings. The van der Waals surface area contributed by atoms with Crippen molar-refractivity contribution >= 4 is 28.8 Å². The SMILES string of the molecule is CC(C)c1cccc(-c2cc3nc(Cl)cc(Cl)n3n2)c1. The lowest BCUT2D eigenvalue weighted by molar-refractivity contribution is 0.866. The summed E-state index contributed by atoms with van der Waals surface area (Å²) in [6.07, 6.45) is 0. The van der Waals surface area contributed by atoms with Gasteiger partial charge in [0.2, 0.25) is 0 Å². The van der Waals surface area contributed by atoms with Gasteiger partial charge in [-0.05, 0) is 17.5 Å². The first-order valence-electron chi connectivity index (χ1n) is 6.37. The van der Waals surface area contributed by atoms with E-state index >= 15 is 0 Å². The van der Waals surface area contributed by atoms with Gasteiger partial charge in [-0.1, -0.05) is 55.2 Å². The van der Waals surface area contributed by atoms with Crippen LogP contribution in [0.5, 0.6) is 0 Å². The van der Waals surface area contributed by atoms with Crippen LogP contribution in [0.3, 0.4) is 0 Å². The van der Waals surface area contributed by atoms with Gasteiger partial charge in [-0.2, -0.15) is 5.10 Å². The maximum absolute atomic E-state index is 6.12. The largest absolute Gasteiger partial charge is 0.217 e. The number of hydrogen-bond acceptors (Lipinski definition) is 2. The standard InChI is InChI=1S/C15H13Cl2N3/c1-9(2)10-4-3-5-11(6-10)12-7-15-18-13(16)8-14(17)20(15)19-12/h3-9H,1-2H3. The summed E-state index contributed by atoms with van der Waals surface area (Å²) in [7, 11) is 0. The number of rotatable bonds is 2. The lowest BCUT2D eigenvalue weighted by Gasteiger charge is -2.06. The Morgan fingerprint density at radius 2 is 1.90 bits per heavy atom. The minimum Gasteiger partial charge on any atom is -0.217 e. The van der Waals surface area contributed by atoms with Crippen LogP contribution in [0.2, 0.25) is 10.3 Å². The molecule has 0 amide bonds. The molecule has 5 heteroatoms. The number of halogens is 2. The van der Waals surface area contributed by atoms with Crippen LogP contribution in [0.4, 0.5) is 0 Å². The van der Waals surface area contributed by atoms with E-state index in [0.29, 0.717) is 21.9 Å². The summed E-state index contributed by atoms with van der Waals surface area (Å²) in [5.74, 6) is 0.475.